The lowest BCUT2D eigenvalue weighted by molar-refractivity contribution is 0.0715. The van der Waals surface area contributed by atoms with Crippen molar-refractivity contribution in [2.45, 2.75) is 31.8 Å². The molecule has 1 aromatic carbocycles. The monoisotopic (exact) mass is 429 g/mol. The van der Waals surface area contributed by atoms with E-state index in [2.05, 4.69) is 38.3 Å². The van der Waals surface area contributed by atoms with E-state index in [1.807, 2.05) is 28.5 Å². The Morgan fingerprint density at radius 2 is 1.86 bits per heavy atom. The van der Waals surface area contributed by atoms with Gasteiger partial charge in [-0.1, -0.05) is 30.3 Å². The number of benzene rings is 1. The molecule has 5 rings (SSSR count). The Morgan fingerprint density at radius 1 is 1.07 bits per heavy atom. The fourth-order valence-electron chi connectivity index (χ4n) is 4.22. The number of piperidine rings is 1. The van der Waals surface area contributed by atoms with Gasteiger partial charge in [0.25, 0.3) is 5.91 Å². The minimum Gasteiger partial charge on any atom is -0.338 e. The fraction of sp³-hybridized carbons (Fsp3) is 0.381. The molecule has 1 amide bonds. The Morgan fingerprint density at radius 3 is 2.66 bits per heavy atom. The lowest BCUT2D eigenvalue weighted by Gasteiger charge is -2.32. The van der Waals surface area contributed by atoms with Crippen LogP contribution in [0.5, 0.6) is 0 Å². The number of likely N-dealkylation sites (tertiary alicyclic amines) is 1. The molecular formula is C21H24ClN5OS. The van der Waals surface area contributed by atoms with Crippen molar-refractivity contribution in [1.29, 1.82) is 0 Å². The van der Waals surface area contributed by atoms with E-state index >= 15 is 0 Å². The normalized spacial score (nSPS) is 16.9. The Kier molecular flexibility index (Phi) is 5.99. The van der Waals surface area contributed by atoms with E-state index in [0.717, 1.165) is 73.2 Å². The van der Waals surface area contributed by atoms with E-state index in [0.29, 0.717) is 5.92 Å². The number of thiophene rings is 1. The molecule has 6 nitrogen and oxygen atoms in total. The molecule has 0 saturated carbocycles. The number of hydrogen-bond acceptors (Lipinski definition) is 5. The third kappa shape index (κ3) is 3.82. The van der Waals surface area contributed by atoms with Gasteiger partial charge in [0.1, 0.15) is 11.6 Å². The average Bonchev–Trinajstić information content (AvgIpc) is 3.41. The van der Waals surface area contributed by atoms with Crippen LogP contribution in [0, 0.1) is 0 Å². The summed E-state index contributed by atoms with van der Waals surface area (Å²) in [4.78, 5) is 16.0. The van der Waals surface area contributed by atoms with Crippen LogP contribution in [0.15, 0.2) is 41.8 Å². The van der Waals surface area contributed by atoms with Gasteiger partial charge in [0.2, 0.25) is 0 Å². The number of amides is 1. The Balaban J connectivity index is 0.00000205. The predicted molar refractivity (Wildman–Crippen MR) is 117 cm³/mol. The van der Waals surface area contributed by atoms with Gasteiger partial charge in [0, 0.05) is 37.7 Å². The molecule has 0 unspecified atom stereocenters. The fourth-order valence-corrected chi connectivity index (χ4v) is 5.10. The second-order valence-corrected chi connectivity index (χ2v) is 8.31. The summed E-state index contributed by atoms with van der Waals surface area (Å²) in [6.07, 6.45) is 1.90. The van der Waals surface area contributed by atoms with Gasteiger partial charge in [-0.2, -0.15) is 0 Å². The van der Waals surface area contributed by atoms with E-state index in [-0.39, 0.29) is 18.3 Å². The molecule has 1 saturated heterocycles. The van der Waals surface area contributed by atoms with Crippen LogP contribution in [0.25, 0.3) is 11.1 Å². The molecule has 4 heterocycles. The highest BCUT2D eigenvalue weighted by atomic mass is 35.5. The quantitative estimate of drug-likeness (QED) is 0.691. The Bertz CT molecular complexity index is 978. The number of carbonyl (C=O) groups is 1. The van der Waals surface area contributed by atoms with Crippen LogP contribution in [0.3, 0.4) is 0 Å². The van der Waals surface area contributed by atoms with Crippen LogP contribution in [-0.4, -0.2) is 45.2 Å². The summed E-state index contributed by atoms with van der Waals surface area (Å²) in [5.41, 5.74) is 2.14. The predicted octanol–water partition coefficient (Wildman–Crippen LogP) is 3.55. The molecule has 1 fully saturated rings. The standard InChI is InChI=1S/C21H23N5OS.ClH/c27-21(19-17(8-13-28-19)15-4-2-1-3-5-15)25-10-6-16(7-11-25)20-24-23-18-14-22-9-12-26(18)20;/h1-5,8,13,16,22H,6-7,9-12,14H2;1H. The van der Waals surface area contributed by atoms with Gasteiger partial charge in [-0.05, 0) is 29.9 Å². The minimum absolute atomic E-state index is 0. The van der Waals surface area contributed by atoms with Gasteiger partial charge in [-0.25, -0.2) is 0 Å². The smallest absolute Gasteiger partial charge is 0.264 e. The van der Waals surface area contributed by atoms with E-state index in [9.17, 15) is 4.79 Å². The largest absolute Gasteiger partial charge is 0.338 e. The lowest BCUT2D eigenvalue weighted by Crippen LogP contribution is -2.38. The summed E-state index contributed by atoms with van der Waals surface area (Å²) in [6.45, 7) is 4.25. The lowest BCUT2D eigenvalue weighted by atomic mass is 9.95. The summed E-state index contributed by atoms with van der Waals surface area (Å²) in [5.74, 6) is 2.68. The molecule has 0 aliphatic carbocycles. The van der Waals surface area contributed by atoms with Crippen molar-refractivity contribution < 1.29 is 4.79 Å². The van der Waals surface area contributed by atoms with E-state index in [1.165, 1.54) is 11.3 Å². The number of carbonyl (C=O) groups excluding carboxylic acids is 1. The molecular weight excluding hydrogens is 406 g/mol. The van der Waals surface area contributed by atoms with Crippen LogP contribution in [0.4, 0.5) is 0 Å². The van der Waals surface area contributed by atoms with Crippen molar-refractivity contribution in [3.8, 4) is 11.1 Å². The molecule has 1 N–H and O–H groups in total. The van der Waals surface area contributed by atoms with Gasteiger partial charge < -0.3 is 14.8 Å². The maximum absolute atomic E-state index is 13.2. The molecule has 2 aliphatic heterocycles. The molecule has 2 aliphatic rings. The van der Waals surface area contributed by atoms with Gasteiger partial charge >= 0.3 is 0 Å². The van der Waals surface area contributed by atoms with E-state index in [1.54, 1.807) is 0 Å². The zero-order valence-electron chi connectivity index (χ0n) is 16.1. The highest BCUT2D eigenvalue weighted by Crippen LogP contribution is 2.32. The number of hydrogen-bond donors (Lipinski definition) is 1. The maximum atomic E-state index is 13.2. The highest BCUT2D eigenvalue weighted by Gasteiger charge is 2.30. The Hall–Kier alpha value is -2.22. The van der Waals surface area contributed by atoms with Crippen LogP contribution in [0.1, 0.15) is 40.1 Å². The van der Waals surface area contributed by atoms with Gasteiger partial charge in [-0.3, -0.25) is 4.79 Å². The topological polar surface area (TPSA) is 63.1 Å². The molecule has 8 heteroatoms. The molecule has 0 atom stereocenters. The molecule has 3 aromatic rings. The number of halogens is 1. The first-order chi connectivity index (χ1) is 13.8. The van der Waals surface area contributed by atoms with Gasteiger partial charge in [-0.15, -0.1) is 33.9 Å². The first kappa shape index (κ1) is 20.1. The molecule has 152 valence electrons. The van der Waals surface area contributed by atoms with Crippen molar-refractivity contribution in [2.75, 3.05) is 19.6 Å². The summed E-state index contributed by atoms with van der Waals surface area (Å²) in [5, 5.41) is 14.2. The van der Waals surface area contributed by atoms with Crippen molar-refractivity contribution in [3.05, 3.63) is 58.3 Å². The van der Waals surface area contributed by atoms with Crippen molar-refractivity contribution in [3.63, 3.8) is 0 Å². The van der Waals surface area contributed by atoms with E-state index < -0.39 is 0 Å². The molecule has 0 radical (unpaired) electrons. The minimum atomic E-state index is 0. The number of aromatic nitrogens is 3. The maximum Gasteiger partial charge on any atom is 0.264 e. The second kappa shape index (κ2) is 8.65. The summed E-state index contributed by atoms with van der Waals surface area (Å²) >= 11 is 1.54. The first-order valence-electron chi connectivity index (χ1n) is 9.86. The molecule has 29 heavy (non-hydrogen) atoms. The van der Waals surface area contributed by atoms with Crippen molar-refractivity contribution in [2.24, 2.45) is 0 Å². The van der Waals surface area contributed by atoms with Crippen LogP contribution in [0.2, 0.25) is 0 Å². The van der Waals surface area contributed by atoms with Gasteiger partial charge in [0.05, 0.1) is 11.4 Å². The Labute approximate surface area is 180 Å². The average molecular weight is 430 g/mol. The van der Waals surface area contributed by atoms with E-state index in [4.69, 9.17) is 0 Å². The summed E-state index contributed by atoms with van der Waals surface area (Å²) in [7, 11) is 0. The van der Waals surface area contributed by atoms with Gasteiger partial charge in [0.15, 0.2) is 0 Å². The summed E-state index contributed by atoms with van der Waals surface area (Å²) in [6, 6.07) is 12.2. The summed E-state index contributed by atoms with van der Waals surface area (Å²) < 4.78 is 2.27. The third-order valence-electron chi connectivity index (χ3n) is 5.74. The number of nitrogens with one attached hydrogen (secondary N) is 1. The number of rotatable bonds is 3. The molecule has 2 aromatic heterocycles. The van der Waals surface area contributed by atoms with Crippen molar-refractivity contribution in [1.82, 2.24) is 25.0 Å². The molecule has 0 spiro atoms. The third-order valence-corrected chi connectivity index (χ3v) is 6.65. The first-order valence-corrected chi connectivity index (χ1v) is 10.7. The number of nitrogens with zero attached hydrogens (tertiary/aromatic N) is 4. The number of fused-ring (bicyclic) bond motifs is 1. The van der Waals surface area contributed by atoms with Crippen LogP contribution < -0.4 is 5.32 Å². The second-order valence-electron chi connectivity index (χ2n) is 7.40. The molecule has 0 bridgehead atoms. The van der Waals surface area contributed by atoms with Crippen molar-refractivity contribution >= 4 is 29.7 Å². The van der Waals surface area contributed by atoms with Crippen LogP contribution >= 0.6 is 23.7 Å². The zero-order chi connectivity index (χ0) is 18.9. The SMILES string of the molecule is Cl.O=C(c1sccc1-c1ccccc1)N1CCC(c2nnc3n2CCNC3)CC1. The van der Waals surface area contributed by atoms with Crippen LogP contribution in [-0.2, 0) is 13.1 Å². The zero-order valence-corrected chi connectivity index (χ0v) is 17.7. The highest BCUT2D eigenvalue weighted by molar-refractivity contribution is 7.12.